The molecule has 0 radical (unpaired) electrons. The Labute approximate surface area is 95.3 Å². The van der Waals surface area contributed by atoms with E-state index in [1.54, 1.807) is 0 Å². The van der Waals surface area contributed by atoms with Gasteiger partial charge in [-0.25, -0.2) is 13.1 Å². The number of aromatic carboxylic acids is 1. The number of carboxylic acids is 1. The van der Waals surface area contributed by atoms with Crippen LogP contribution >= 0.6 is 15.9 Å². The Bertz CT molecular complexity index is 497. The van der Waals surface area contributed by atoms with Crippen LogP contribution in [0.15, 0.2) is 27.6 Å². The van der Waals surface area contributed by atoms with Crippen molar-refractivity contribution in [1.29, 1.82) is 0 Å². The zero-order chi connectivity index (χ0) is 11.6. The van der Waals surface area contributed by atoms with Crippen molar-refractivity contribution in [3.8, 4) is 0 Å². The van der Waals surface area contributed by atoms with Crippen molar-refractivity contribution in [1.82, 2.24) is 4.72 Å². The first-order valence-corrected chi connectivity index (χ1v) is 6.10. The van der Waals surface area contributed by atoms with Gasteiger partial charge in [0.1, 0.15) is 0 Å². The molecule has 0 aromatic heterocycles. The van der Waals surface area contributed by atoms with Crippen molar-refractivity contribution in [2.75, 3.05) is 7.05 Å². The number of rotatable bonds is 3. The van der Waals surface area contributed by atoms with E-state index in [1.807, 2.05) is 0 Å². The maximum absolute atomic E-state index is 11.3. The minimum Gasteiger partial charge on any atom is -0.545 e. The summed E-state index contributed by atoms with van der Waals surface area (Å²) in [6.45, 7) is 0. The van der Waals surface area contributed by atoms with E-state index in [2.05, 4.69) is 20.7 Å². The van der Waals surface area contributed by atoms with E-state index < -0.39 is 16.0 Å². The van der Waals surface area contributed by atoms with E-state index in [1.165, 1.54) is 19.2 Å². The normalized spacial score (nSPS) is 11.3. The largest absolute Gasteiger partial charge is 0.545 e. The van der Waals surface area contributed by atoms with Gasteiger partial charge in [-0.3, -0.25) is 0 Å². The van der Waals surface area contributed by atoms with Gasteiger partial charge >= 0.3 is 0 Å². The predicted octanol–water partition coefficient (Wildman–Crippen LogP) is -0.279. The van der Waals surface area contributed by atoms with Crippen LogP contribution in [0, 0.1) is 0 Å². The SMILES string of the molecule is CNS(=O)(=O)c1ccc(Br)c(C(=O)[O-])c1. The highest BCUT2D eigenvalue weighted by Gasteiger charge is 2.13. The van der Waals surface area contributed by atoms with Crippen molar-refractivity contribution >= 4 is 31.9 Å². The van der Waals surface area contributed by atoms with Crippen LogP contribution in [-0.2, 0) is 10.0 Å². The summed E-state index contributed by atoms with van der Waals surface area (Å²) in [5.41, 5.74) is -0.202. The highest BCUT2D eigenvalue weighted by Crippen LogP contribution is 2.20. The Morgan fingerprint density at radius 2 is 2.07 bits per heavy atom. The molecule has 0 fully saturated rings. The number of halogens is 1. The summed E-state index contributed by atoms with van der Waals surface area (Å²) in [4.78, 5) is 10.5. The minimum absolute atomic E-state index is 0.118. The molecule has 5 nitrogen and oxygen atoms in total. The van der Waals surface area contributed by atoms with Crippen LogP contribution in [0.2, 0.25) is 0 Å². The Hall–Kier alpha value is -0.920. The van der Waals surface area contributed by atoms with Crippen molar-refractivity contribution in [3.63, 3.8) is 0 Å². The van der Waals surface area contributed by atoms with Gasteiger partial charge in [0.25, 0.3) is 0 Å². The lowest BCUT2D eigenvalue weighted by Gasteiger charge is -2.08. The molecule has 0 saturated heterocycles. The van der Waals surface area contributed by atoms with E-state index in [9.17, 15) is 18.3 Å². The molecule has 1 aromatic rings. The molecule has 0 aliphatic carbocycles. The average molecular weight is 293 g/mol. The third-order valence-electron chi connectivity index (χ3n) is 1.74. The maximum Gasteiger partial charge on any atom is 0.240 e. The first-order chi connectivity index (χ1) is 6.88. The number of benzene rings is 1. The van der Waals surface area contributed by atoms with Crippen LogP contribution in [0.25, 0.3) is 0 Å². The highest BCUT2D eigenvalue weighted by atomic mass is 79.9. The molecule has 1 N–H and O–H groups in total. The molecule has 0 unspecified atom stereocenters. The van der Waals surface area contributed by atoms with Gasteiger partial charge in [0.05, 0.1) is 10.9 Å². The average Bonchev–Trinajstić information content (AvgIpc) is 2.17. The predicted molar refractivity (Wildman–Crippen MR) is 54.7 cm³/mol. The van der Waals surface area contributed by atoms with Gasteiger partial charge in [0.2, 0.25) is 10.0 Å². The minimum atomic E-state index is -3.63. The first-order valence-electron chi connectivity index (χ1n) is 3.83. The molecular formula is C8H7BrNO4S-. The molecule has 15 heavy (non-hydrogen) atoms. The monoisotopic (exact) mass is 292 g/mol. The van der Waals surface area contributed by atoms with Crippen LogP contribution < -0.4 is 9.83 Å². The van der Waals surface area contributed by atoms with Crippen molar-refractivity contribution in [3.05, 3.63) is 28.2 Å². The van der Waals surface area contributed by atoms with Crippen LogP contribution in [-0.4, -0.2) is 21.4 Å². The standard InChI is InChI=1S/C8H8BrNO4S/c1-10-15(13,14)5-2-3-7(9)6(4-5)8(11)12/h2-4,10H,1H3,(H,11,12)/p-1. The number of nitrogens with one attached hydrogen (secondary N) is 1. The fourth-order valence-electron chi connectivity index (χ4n) is 0.946. The Kier molecular flexibility index (Phi) is 3.48. The number of sulfonamides is 1. The summed E-state index contributed by atoms with van der Waals surface area (Å²) in [6, 6.07) is 3.67. The third kappa shape index (κ3) is 2.55. The fraction of sp³-hybridized carbons (Fsp3) is 0.125. The van der Waals surface area contributed by atoms with E-state index in [-0.39, 0.29) is 14.9 Å². The zero-order valence-corrected chi connectivity index (χ0v) is 10.1. The quantitative estimate of drug-likeness (QED) is 0.830. The number of carboxylic acid groups (broad SMARTS) is 1. The topological polar surface area (TPSA) is 86.3 Å². The fourth-order valence-corrected chi connectivity index (χ4v) is 2.11. The molecule has 0 spiro atoms. The summed E-state index contributed by atoms with van der Waals surface area (Å²) in [6.07, 6.45) is 0. The summed E-state index contributed by atoms with van der Waals surface area (Å²) in [7, 11) is -2.39. The van der Waals surface area contributed by atoms with Crippen LogP contribution in [0.3, 0.4) is 0 Å². The van der Waals surface area contributed by atoms with Crippen LogP contribution in [0.4, 0.5) is 0 Å². The van der Waals surface area contributed by atoms with Crippen molar-refractivity contribution in [2.45, 2.75) is 4.90 Å². The lowest BCUT2D eigenvalue weighted by Crippen LogP contribution is -2.24. The van der Waals surface area contributed by atoms with Crippen molar-refractivity contribution in [2.24, 2.45) is 0 Å². The lowest BCUT2D eigenvalue weighted by atomic mass is 10.2. The molecule has 0 aliphatic heterocycles. The second-order valence-corrected chi connectivity index (χ2v) is 5.38. The molecule has 1 aromatic carbocycles. The molecule has 7 heteroatoms. The number of hydrogen-bond donors (Lipinski definition) is 1. The van der Waals surface area contributed by atoms with Gasteiger partial charge in [0.15, 0.2) is 0 Å². The second-order valence-electron chi connectivity index (χ2n) is 2.64. The summed E-state index contributed by atoms with van der Waals surface area (Å²) >= 11 is 2.98. The third-order valence-corrected chi connectivity index (χ3v) is 3.84. The second kappa shape index (κ2) is 4.30. The van der Waals surface area contributed by atoms with Crippen molar-refractivity contribution < 1.29 is 18.3 Å². The van der Waals surface area contributed by atoms with Gasteiger partial charge in [-0.1, -0.05) is 15.9 Å². The summed E-state index contributed by atoms with van der Waals surface area (Å²) in [5, 5.41) is 10.6. The Balaban J connectivity index is 3.38. The van der Waals surface area contributed by atoms with Gasteiger partial charge in [0, 0.05) is 10.0 Å². The van der Waals surface area contributed by atoms with E-state index in [0.717, 1.165) is 6.07 Å². The molecule has 0 aliphatic rings. The first kappa shape index (κ1) is 12.2. The maximum atomic E-state index is 11.3. The molecule has 0 saturated carbocycles. The number of carbonyl (C=O) groups excluding carboxylic acids is 1. The zero-order valence-electron chi connectivity index (χ0n) is 7.65. The molecule has 0 heterocycles. The van der Waals surface area contributed by atoms with E-state index >= 15 is 0 Å². The highest BCUT2D eigenvalue weighted by molar-refractivity contribution is 9.10. The Morgan fingerprint density at radius 3 is 2.53 bits per heavy atom. The van der Waals surface area contributed by atoms with Crippen LogP contribution in [0.5, 0.6) is 0 Å². The lowest BCUT2D eigenvalue weighted by molar-refractivity contribution is -0.255. The smallest absolute Gasteiger partial charge is 0.240 e. The molecular weight excluding hydrogens is 286 g/mol. The molecule has 0 atom stereocenters. The van der Waals surface area contributed by atoms with Gasteiger partial charge in [-0.15, -0.1) is 0 Å². The summed E-state index contributed by atoms with van der Waals surface area (Å²) in [5.74, 6) is -1.44. The molecule has 0 amide bonds. The van der Waals surface area contributed by atoms with Gasteiger partial charge in [-0.2, -0.15) is 0 Å². The van der Waals surface area contributed by atoms with E-state index in [0.29, 0.717) is 0 Å². The van der Waals surface area contributed by atoms with E-state index in [4.69, 9.17) is 0 Å². The Morgan fingerprint density at radius 1 is 1.47 bits per heavy atom. The number of hydrogen-bond acceptors (Lipinski definition) is 4. The van der Waals surface area contributed by atoms with Gasteiger partial charge in [-0.05, 0) is 25.2 Å². The van der Waals surface area contributed by atoms with Crippen LogP contribution in [0.1, 0.15) is 10.4 Å². The molecule has 82 valence electrons. The molecule has 0 bridgehead atoms. The number of carbonyl (C=O) groups is 1. The van der Waals surface area contributed by atoms with Gasteiger partial charge < -0.3 is 9.90 Å². The summed E-state index contributed by atoms with van der Waals surface area (Å²) < 4.78 is 25.1. The molecule has 1 rings (SSSR count).